The molecule has 34 heavy (non-hydrogen) atoms. The van der Waals surface area contributed by atoms with Crippen molar-refractivity contribution in [2.45, 2.75) is 83.3 Å². The zero-order chi connectivity index (χ0) is 24.1. The fourth-order valence-corrected chi connectivity index (χ4v) is 7.15. The van der Waals surface area contributed by atoms with Crippen molar-refractivity contribution in [2.75, 3.05) is 11.1 Å². The lowest BCUT2D eigenvalue weighted by Crippen LogP contribution is -2.14. The number of hydrogen-bond acceptors (Lipinski definition) is 7. The molecular formula is C25H31N5OS3. The molecule has 3 heterocycles. The molecule has 0 aliphatic heterocycles. The minimum absolute atomic E-state index is 0.110. The summed E-state index contributed by atoms with van der Waals surface area (Å²) in [6.07, 6.45) is 7.61. The highest BCUT2D eigenvalue weighted by molar-refractivity contribution is 7.99. The van der Waals surface area contributed by atoms with Crippen LogP contribution < -0.4 is 5.32 Å². The smallest absolute Gasteiger partial charge is 0.235 e. The quantitative estimate of drug-likeness (QED) is 0.333. The van der Waals surface area contributed by atoms with Crippen LogP contribution in [0.3, 0.4) is 0 Å². The number of aryl methyl sites for hydroxylation is 1. The Morgan fingerprint density at radius 2 is 2.06 bits per heavy atom. The maximum Gasteiger partial charge on any atom is 0.235 e. The van der Waals surface area contributed by atoms with Gasteiger partial charge in [0.2, 0.25) is 5.91 Å². The number of anilines is 1. The van der Waals surface area contributed by atoms with Crippen molar-refractivity contribution < 1.29 is 4.79 Å². The molecule has 1 amide bonds. The van der Waals surface area contributed by atoms with Crippen LogP contribution in [0, 0.1) is 11.3 Å². The van der Waals surface area contributed by atoms with Gasteiger partial charge < -0.3 is 9.88 Å². The van der Waals surface area contributed by atoms with Gasteiger partial charge in [0.25, 0.3) is 0 Å². The zero-order valence-electron chi connectivity index (χ0n) is 20.0. The van der Waals surface area contributed by atoms with Crippen LogP contribution in [0.4, 0.5) is 5.00 Å². The maximum absolute atomic E-state index is 12.8. The molecule has 0 fully saturated rings. The second kappa shape index (κ2) is 11.5. The molecular weight excluding hydrogens is 483 g/mol. The molecule has 0 radical (unpaired) electrons. The zero-order valence-corrected chi connectivity index (χ0v) is 22.5. The summed E-state index contributed by atoms with van der Waals surface area (Å²) in [5, 5.41) is 25.2. The Hall–Kier alpha value is -2.15. The number of nitrogens with one attached hydrogen (secondary N) is 1. The van der Waals surface area contributed by atoms with Crippen LogP contribution >= 0.6 is 34.4 Å². The maximum atomic E-state index is 12.8. The Morgan fingerprint density at radius 3 is 2.76 bits per heavy atom. The van der Waals surface area contributed by atoms with Crippen LogP contribution in [0.1, 0.15) is 79.7 Å². The van der Waals surface area contributed by atoms with Gasteiger partial charge in [-0.15, -0.1) is 32.9 Å². The number of amides is 1. The lowest BCUT2D eigenvalue weighted by Gasteiger charge is -2.09. The number of thioether (sulfide) groups is 1. The van der Waals surface area contributed by atoms with E-state index in [4.69, 9.17) is 0 Å². The summed E-state index contributed by atoms with van der Waals surface area (Å²) in [5.74, 6) is 1.46. The summed E-state index contributed by atoms with van der Waals surface area (Å²) in [6, 6.07) is 4.55. The van der Waals surface area contributed by atoms with Crippen molar-refractivity contribution in [3.63, 3.8) is 0 Å². The average Bonchev–Trinajstić information content (AvgIpc) is 3.50. The molecule has 3 aromatic heterocycles. The molecule has 0 saturated heterocycles. The second-order valence-corrected chi connectivity index (χ2v) is 11.9. The molecule has 0 atom stereocenters. The lowest BCUT2D eigenvalue weighted by atomic mass is 9.97. The van der Waals surface area contributed by atoms with E-state index in [9.17, 15) is 10.1 Å². The Morgan fingerprint density at radius 1 is 1.26 bits per heavy atom. The highest BCUT2D eigenvalue weighted by atomic mass is 32.2. The summed E-state index contributed by atoms with van der Waals surface area (Å²) >= 11 is 4.73. The Bertz CT molecular complexity index is 1180. The molecule has 6 nitrogen and oxygen atoms in total. The minimum Gasteiger partial charge on any atom is -0.316 e. The first-order chi connectivity index (χ1) is 16.5. The first-order valence-corrected chi connectivity index (χ1v) is 14.7. The largest absolute Gasteiger partial charge is 0.316 e. The summed E-state index contributed by atoms with van der Waals surface area (Å²) in [7, 11) is 0. The van der Waals surface area contributed by atoms with Gasteiger partial charge in [0.1, 0.15) is 11.1 Å². The van der Waals surface area contributed by atoms with Gasteiger partial charge in [-0.2, -0.15) is 5.26 Å². The van der Waals surface area contributed by atoms with Gasteiger partial charge in [-0.3, -0.25) is 4.79 Å². The van der Waals surface area contributed by atoms with Crippen molar-refractivity contribution >= 4 is 45.3 Å². The van der Waals surface area contributed by atoms with E-state index >= 15 is 0 Å². The van der Waals surface area contributed by atoms with Gasteiger partial charge in [0, 0.05) is 27.2 Å². The van der Waals surface area contributed by atoms with Crippen LogP contribution in [0.15, 0.2) is 16.6 Å². The van der Waals surface area contributed by atoms with Crippen LogP contribution in [0.25, 0.3) is 11.4 Å². The van der Waals surface area contributed by atoms with E-state index in [1.165, 1.54) is 34.4 Å². The molecule has 4 rings (SSSR count). The monoisotopic (exact) mass is 513 g/mol. The predicted molar refractivity (Wildman–Crippen MR) is 142 cm³/mol. The fourth-order valence-electron chi connectivity index (χ4n) is 4.23. The van der Waals surface area contributed by atoms with Crippen molar-refractivity contribution in [1.82, 2.24) is 14.8 Å². The van der Waals surface area contributed by atoms with Crippen LogP contribution in [0.5, 0.6) is 0 Å². The highest BCUT2D eigenvalue weighted by Gasteiger charge is 2.21. The van der Waals surface area contributed by atoms with E-state index in [2.05, 4.69) is 58.4 Å². The van der Waals surface area contributed by atoms with Crippen LogP contribution in [0.2, 0.25) is 0 Å². The fraction of sp³-hybridized carbons (Fsp3) is 0.520. The standard InChI is InChI=1S/C25H31N5OS3/c1-4-11-30-23(17-12-21(16(2)3)32-14-17)28-29-25(30)33-15-22(31)27-24-19(13-26)18-9-7-5-6-8-10-20(18)34-24/h12,14,16H,4-11,15H2,1-3H3,(H,27,31). The molecule has 1 aliphatic rings. The summed E-state index contributed by atoms with van der Waals surface area (Å²) in [4.78, 5) is 15.4. The van der Waals surface area contributed by atoms with E-state index in [1.807, 2.05) is 0 Å². The number of nitriles is 1. The van der Waals surface area contributed by atoms with Crippen molar-refractivity contribution in [2.24, 2.45) is 0 Å². The first kappa shape index (κ1) is 25.0. The van der Waals surface area contributed by atoms with Gasteiger partial charge in [0.15, 0.2) is 11.0 Å². The van der Waals surface area contributed by atoms with Gasteiger partial charge >= 0.3 is 0 Å². The first-order valence-electron chi connectivity index (χ1n) is 12.0. The van der Waals surface area contributed by atoms with E-state index in [0.717, 1.165) is 60.8 Å². The average molecular weight is 514 g/mol. The predicted octanol–water partition coefficient (Wildman–Crippen LogP) is 6.86. The molecule has 0 aromatic carbocycles. The number of nitrogens with zero attached hydrogens (tertiary/aromatic N) is 4. The van der Waals surface area contributed by atoms with Crippen molar-refractivity contribution in [3.05, 3.63) is 32.3 Å². The van der Waals surface area contributed by atoms with E-state index in [-0.39, 0.29) is 11.7 Å². The van der Waals surface area contributed by atoms with Gasteiger partial charge in [-0.05, 0) is 49.7 Å². The molecule has 9 heteroatoms. The van der Waals surface area contributed by atoms with E-state index < -0.39 is 0 Å². The van der Waals surface area contributed by atoms with E-state index in [1.54, 1.807) is 22.7 Å². The molecule has 1 aliphatic carbocycles. The Balaban J connectivity index is 1.46. The number of aromatic nitrogens is 3. The molecule has 0 spiro atoms. The van der Waals surface area contributed by atoms with Crippen molar-refractivity contribution in [3.8, 4) is 17.5 Å². The molecule has 0 saturated carbocycles. The minimum atomic E-state index is -0.110. The third-order valence-corrected chi connectivity index (χ3v) is 9.39. The summed E-state index contributed by atoms with van der Waals surface area (Å²) < 4.78 is 2.11. The number of fused-ring (bicyclic) bond motifs is 1. The van der Waals surface area contributed by atoms with Gasteiger partial charge in [-0.1, -0.05) is 45.4 Å². The highest BCUT2D eigenvalue weighted by Crippen LogP contribution is 2.37. The third-order valence-electron chi connectivity index (χ3n) is 5.98. The normalized spacial score (nSPS) is 13.9. The van der Waals surface area contributed by atoms with Crippen LogP contribution in [-0.2, 0) is 24.2 Å². The second-order valence-electron chi connectivity index (χ2n) is 8.92. The van der Waals surface area contributed by atoms with Crippen LogP contribution in [-0.4, -0.2) is 26.4 Å². The molecule has 0 bridgehead atoms. The molecule has 3 aromatic rings. The SMILES string of the molecule is CCCn1c(SCC(=O)Nc2sc3c(c2C#N)CCCCCC3)nnc1-c1csc(C(C)C)c1. The van der Waals surface area contributed by atoms with Crippen molar-refractivity contribution in [1.29, 1.82) is 5.26 Å². The number of hydrogen-bond donors (Lipinski definition) is 1. The summed E-state index contributed by atoms with van der Waals surface area (Å²) in [5.41, 5.74) is 2.90. The van der Waals surface area contributed by atoms with Gasteiger partial charge in [0.05, 0.1) is 11.3 Å². The third kappa shape index (κ3) is 5.56. The number of carbonyl (C=O) groups is 1. The summed E-state index contributed by atoms with van der Waals surface area (Å²) in [6.45, 7) is 7.31. The van der Waals surface area contributed by atoms with Gasteiger partial charge in [-0.25, -0.2) is 0 Å². The van der Waals surface area contributed by atoms with E-state index in [0.29, 0.717) is 16.5 Å². The lowest BCUT2D eigenvalue weighted by molar-refractivity contribution is -0.113. The number of thiophene rings is 2. The Kier molecular flexibility index (Phi) is 8.46. The molecule has 0 unspecified atom stereocenters. The Labute approximate surface area is 213 Å². The molecule has 180 valence electrons. The topological polar surface area (TPSA) is 83.6 Å². The molecule has 1 N–H and O–H groups in total. The number of rotatable bonds is 8. The number of carbonyl (C=O) groups excluding carboxylic acids is 1.